The van der Waals surface area contributed by atoms with E-state index in [1.807, 2.05) is 59.5 Å². The molecule has 1 fully saturated rings. The maximum absolute atomic E-state index is 12.9. The van der Waals surface area contributed by atoms with E-state index in [0.717, 1.165) is 23.4 Å². The van der Waals surface area contributed by atoms with E-state index in [0.29, 0.717) is 24.5 Å². The van der Waals surface area contributed by atoms with E-state index < -0.39 is 0 Å². The van der Waals surface area contributed by atoms with Gasteiger partial charge in [-0.3, -0.25) is 9.69 Å². The highest BCUT2D eigenvalue weighted by atomic mass is 16.5. The number of para-hydroxylation sites is 1. The SMILES string of the molecule is COc1ccccc1C1CN(C(=O)Cc2cc(-c3ccccc3)on2)CCN1C. The van der Waals surface area contributed by atoms with Crippen LogP contribution in [0.3, 0.4) is 0 Å². The summed E-state index contributed by atoms with van der Waals surface area (Å²) in [6.07, 6.45) is 0.235. The molecule has 1 unspecified atom stereocenters. The molecule has 6 heteroatoms. The van der Waals surface area contributed by atoms with Gasteiger partial charge in [0.05, 0.1) is 25.3 Å². The monoisotopic (exact) mass is 391 g/mol. The summed E-state index contributed by atoms with van der Waals surface area (Å²) in [5.41, 5.74) is 2.71. The van der Waals surface area contributed by atoms with Crippen molar-refractivity contribution >= 4 is 5.91 Å². The van der Waals surface area contributed by atoms with Crippen molar-refractivity contribution in [3.8, 4) is 17.1 Å². The van der Waals surface area contributed by atoms with E-state index in [2.05, 4.69) is 23.2 Å². The van der Waals surface area contributed by atoms with Crippen molar-refractivity contribution in [2.24, 2.45) is 0 Å². The molecule has 29 heavy (non-hydrogen) atoms. The Morgan fingerprint density at radius 3 is 2.69 bits per heavy atom. The number of hydrogen-bond donors (Lipinski definition) is 0. The Morgan fingerprint density at radius 2 is 1.90 bits per heavy atom. The number of rotatable bonds is 5. The quantitative estimate of drug-likeness (QED) is 0.667. The van der Waals surface area contributed by atoms with Gasteiger partial charge in [0, 0.05) is 36.8 Å². The van der Waals surface area contributed by atoms with Crippen molar-refractivity contribution in [2.75, 3.05) is 33.8 Å². The van der Waals surface area contributed by atoms with Gasteiger partial charge < -0.3 is 14.2 Å². The molecule has 3 aromatic rings. The molecule has 0 N–H and O–H groups in total. The third-order valence-corrected chi connectivity index (χ3v) is 5.45. The van der Waals surface area contributed by atoms with Gasteiger partial charge in [0.25, 0.3) is 0 Å². The first-order valence-electron chi connectivity index (χ1n) is 9.77. The second-order valence-corrected chi connectivity index (χ2v) is 7.30. The van der Waals surface area contributed by atoms with Gasteiger partial charge in [-0.2, -0.15) is 0 Å². The predicted octanol–water partition coefficient (Wildman–Crippen LogP) is 3.41. The largest absolute Gasteiger partial charge is 0.496 e. The average Bonchev–Trinajstić information content (AvgIpc) is 3.23. The fourth-order valence-corrected chi connectivity index (χ4v) is 3.78. The van der Waals surface area contributed by atoms with Crippen LogP contribution in [-0.4, -0.2) is 54.7 Å². The number of aromatic nitrogens is 1. The summed E-state index contributed by atoms with van der Waals surface area (Å²) in [4.78, 5) is 17.1. The minimum absolute atomic E-state index is 0.0610. The molecule has 0 aliphatic carbocycles. The third-order valence-electron chi connectivity index (χ3n) is 5.45. The van der Waals surface area contributed by atoms with Crippen LogP contribution >= 0.6 is 0 Å². The molecule has 0 bridgehead atoms. The van der Waals surface area contributed by atoms with Crippen LogP contribution in [0.15, 0.2) is 65.2 Å². The number of hydrogen-bond acceptors (Lipinski definition) is 5. The summed E-state index contributed by atoms with van der Waals surface area (Å²) in [5, 5.41) is 4.09. The molecule has 1 aromatic heterocycles. The van der Waals surface area contributed by atoms with E-state index in [4.69, 9.17) is 9.26 Å². The molecule has 0 radical (unpaired) electrons. The molecule has 0 spiro atoms. The Hall–Kier alpha value is -3.12. The molecule has 1 amide bonds. The van der Waals surface area contributed by atoms with Gasteiger partial charge >= 0.3 is 0 Å². The molecule has 1 saturated heterocycles. The van der Waals surface area contributed by atoms with E-state index in [1.54, 1.807) is 7.11 Å². The Labute approximate surface area is 170 Å². The van der Waals surface area contributed by atoms with Crippen LogP contribution in [0.2, 0.25) is 0 Å². The third kappa shape index (κ3) is 4.17. The van der Waals surface area contributed by atoms with Gasteiger partial charge in [-0.25, -0.2) is 0 Å². The number of methoxy groups -OCH3 is 1. The van der Waals surface area contributed by atoms with Crippen molar-refractivity contribution in [3.05, 3.63) is 71.9 Å². The summed E-state index contributed by atoms with van der Waals surface area (Å²) >= 11 is 0. The summed E-state index contributed by atoms with van der Waals surface area (Å²) < 4.78 is 11.0. The molecule has 2 aromatic carbocycles. The minimum atomic E-state index is 0.0610. The van der Waals surface area contributed by atoms with Crippen LogP contribution in [0.25, 0.3) is 11.3 Å². The number of ether oxygens (including phenoxy) is 1. The number of carbonyl (C=O) groups is 1. The Kier molecular flexibility index (Phi) is 5.62. The zero-order chi connectivity index (χ0) is 20.2. The van der Waals surface area contributed by atoms with Gasteiger partial charge in [-0.05, 0) is 13.1 Å². The fourth-order valence-electron chi connectivity index (χ4n) is 3.78. The number of piperazine rings is 1. The van der Waals surface area contributed by atoms with Crippen molar-refractivity contribution in [1.29, 1.82) is 0 Å². The zero-order valence-corrected chi connectivity index (χ0v) is 16.7. The van der Waals surface area contributed by atoms with Gasteiger partial charge in [0.1, 0.15) is 5.75 Å². The lowest BCUT2D eigenvalue weighted by Gasteiger charge is -2.40. The van der Waals surface area contributed by atoms with E-state index >= 15 is 0 Å². The number of carbonyl (C=O) groups excluding carboxylic acids is 1. The van der Waals surface area contributed by atoms with Crippen LogP contribution < -0.4 is 4.74 Å². The van der Waals surface area contributed by atoms with Crippen molar-refractivity contribution < 1.29 is 14.1 Å². The number of nitrogens with zero attached hydrogens (tertiary/aromatic N) is 3. The van der Waals surface area contributed by atoms with E-state index in [9.17, 15) is 4.79 Å². The highest BCUT2D eigenvalue weighted by Crippen LogP contribution is 2.31. The zero-order valence-electron chi connectivity index (χ0n) is 16.7. The molecule has 4 rings (SSSR count). The van der Waals surface area contributed by atoms with Gasteiger partial charge in [0.2, 0.25) is 5.91 Å². The molecule has 6 nitrogen and oxygen atoms in total. The Morgan fingerprint density at radius 1 is 1.14 bits per heavy atom. The van der Waals surface area contributed by atoms with E-state index in [-0.39, 0.29) is 18.4 Å². The molecule has 1 atom stereocenters. The standard InChI is InChI=1S/C23H25N3O3/c1-25-12-13-26(16-20(25)19-10-6-7-11-21(19)28-2)23(27)15-18-14-22(29-24-18)17-8-4-3-5-9-17/h3-11,14,20H,12-13,15-16H2,1-2H3. The van der Waals surface area contributed by atoms with Crippen LogP contribution in [0.5, 0.6) is 5.75 Å². The van der Waals surface area contributed by atoms with Crippen molar-refractivity contribution in [3.63, 3.8) is 0 Å². The average molecular weight is 391 g/mol. The summed E-state index contributed by atoms with van der Waals surface area (Å²) in [6, 6.07) is 19.7. The number of amides is 1. The highest BCUT2D eigenvalue weighted by Gasteiger charge is 2.30. The molecule has 1 aliphatic rings. The lowest BCUT2D eigenvalue weighted by Crippen LogP contribution is -2.49. The Bertz CT molecular complexity index is 970. The molecule has 150 valence electrons. The van der Waals surface area contributed by atoms with Gasteiger partial charge in [-0.15, -0.1) is 0 Å². The first-order valence-corrected chi connectivity index (χ1v) is 9.77. The minimum Gasteiger partial charge on any atom is -0.496 e. The lowest BCUT2D eigenvalue weighted by atomic mass is 10.0. The van der Waals surface area contributed by atoms with Crippen LogP contribution in [-0.2, 0) is 11.2 Å². The van der Waals surface area contributed by atoms with Crippen molar-refractivity contribution in [2.45, 2.75) is 12.5 Å². The van der Waals surface area contributed by atoms with Crippen molar-refractivity contribution in [1.82, 2.24) is 15.0 Å². The topological polar surface area (TPSA) is 58.8 Å². The molecular weight excluding hydrogens is 366 g/mol. The summed E-state index contributed by atoms with van der Waals surface area (Å²) in [7, 11) is 3.77. The first kappa shape index (κ1) is 19.2. The second-order valence-electron chi connectivity index (χ2n) is 7.30. The Balaban J connectivity index is 1.46. The first-order chi connectivity index (χ1) is 14.2. The fraction of sp³-hybridized carbons (Fsp3) is 0.304. The summed E-state index contributed by atoms with van der Waals surface area (Å²) in [6.45, 7) is 2.13. The molecule has 1 aliphatic heterocycles. The molecule has 0 saturated carbocycles. The molecular formula is C23H25N3O3. The second kappa shape index (κ2) is 8.49. The number of benzene rings is 2. The maximum atomic E-state index is 12.9. The van der Waals surface area contributed by atoms with Crippen LogP contribution in [0, 0.1) is 0 Å². The van der Waals surface area contributed by atoms with Crippen LogP contribution in [0.1, 0.15) is 17.3 Å². The van der Waals surface area contributed by atoms with Gasteiger partial charge in [0.15, 0.2) is 5.76 Å². The van der Waals surface area contributed by atoms with Crippen LogP contribution in [0.4, 0.5) is 0 Å². The number of likely N-dealkylation sites (N-methyl/N-ethyl adjacent to an activating group) is 1. The molecule has 2 heterocycles. The summed E-state index contributed by atoms with van der Waals surface area (Å²) in [5.74, 6) is 1.59. The predicted molar refractivity (Wildman–Crippen MR) is 111 cm³/mol. The normalized spacial score (nSPS) is 17.3. The highest BCUT2D eigenvalue weighted by molar-refractivity contribution is 5.79. The smallest absolute Gasteiger partial charge is 0.228 e. The van der Waals surface area contributed by atoms with Gasteiger partial charge in [-0.1, -0.05) is 53.7 Å². The lowest BCUT2D eigenvalue weighted by molar-refractivity contribution is -0.133. The van der Waals surface area contributed by atoms with E-state index in [1.165, 1.54) is 0 Å². The maximum Gasteiger partial charge on any atom is 0.228 e.